The highest BCUT2D eigenvalue weighted by Crippen LogP contribution is 2.05. The number of carboxylic acid groups (broad SMARTS) is 1. The first-order valence-electron chi connectivity index (χ1n) is 7.85. The van der Waals surface area contributed by atoms with Crippen molar-refractivity contribution in [3.05, 3.63) is 0 Å². The Kier molecular flexibility index (Phi) is 10.6. The number of guanidine groups is 1. The Morgan fingerprint density at radius 3 is 2.20 bits per heavy atom. The molecule has 10 nitrogen and oxygen atoms in total. The van der Waals surface area contributed by atoms with E-state index < -0.39 is 35.9 Å². The zero-order valence-electron chi connectivity index (χ0n) is 14.4. The second kappa shape index (κ2) is 11.5. The molecule has 0 saturated carbocycles. The molecule has 0 bridgehead atoms. The van der Waals surface area contributed by atoms with E-state index in [0.717, 1.165) is 0 Å². The summed E-state index contributed by atoms with van der Waals surface area (Å²) in [6.45, 7) is 3.61. The van der Waals surface area contributed by atoms with E-state index in [9.17, 15) is 19.5 Å². The number of carbonyl (C=O) groups excluding carboxylic acids is 2. The van der Waals surface area contributed by atoms with Crippen molar-refractivity contribution in [3.63, 3.8) is 0 Å². The van der Waals surface area contributed by atoms with Crippen LogP contribution in [0.5, 0.6) is 0 Å². The summed E-state index contributed by atoms with van der Waals surface area (Å²) in [5.41, 5.74) is 16.0. The third kappa shape index (κ3) is 9.15. The van der Waals surface area contributed by atoms with E-state index in [2.05, 4.69) is 28.3 Å². The minimum atomic E-state index is -1.15. The molecule has 0 rings (SSSR count). The van der Waals surface area contributed by atoms with Crippen LogP contribution in [0.25, 0.3) is 0 Å². The van der Waals surface area contributed by atoms with Gasteiger partial charge >= 0.3 is 5.97 Å². The van der Waals surface area contributed by atoms with E-state index in [1.165, 1.54) is 0 Å². The molecule has 0 fully saturated rings. The molecule has 0 radical (unpaired) electrons. The van der Waals surface area contributed by atoms with Crippen LogP contribution in [-0.2, 0) is 14.4 Å². The molecule has 9 N–H and O–H groups in total. The molecule has 144 valence electrons. The van der Waals surface area contributed by atoms with Gasteiger partial charge in [0, 0.05) is 12.3 Å². The number of rotatable bonds is 11. The van der Waals surface area contributed by atoms with Crippen LogP contribution in [0.1, 0.15) is 26.7 Å². The summed E-state index contributed by atoms with van der Waals surface area (Å²) < 4.78 is 0. The van der Waals surface area contributed by atoms with Crippen LogP contribution < -0.4 is 27.8 Å². The van der Waals surface area contributed by atoms with Gasteiger partial charge in [-0.1, -0.05) is 13.8 Å². The lowest BCUT2D eigenvalue weighted by Gasteiger charge is -2.24. The van der Waals surface area contributed by atoms with Crippen LogP contribution >= 0.6 is 12.6 Å². The Hall–Kier alpha value is -2.01. The number of hydrogen-bond acceptors (Lipinski definition) is 6. The summed E-state index contributed by atoms with van der Waals surface area (Å²) in [6.07, 6.45) is 0.629. The molecule has 0 aromatic heterocycles. The maximum absolute atomic E-state index is 12.4. The molecule has 0 aliphatic heterocycles. The fourth-order valence-electron chi connectivity index (χ4n) is 1.90. The molecule has 0 aliphatic carbocycles. The Labute approximate surface area is 152 Å². The Bertz CT molecular complexity index is 496. The minimum absolute atomic E-state index is 0.0760. The van der Waals surface area contributed by atoms with Gasteiger partial charge in [-0.05, 0) is 18.8 Å². The van der Waals surface area contributed by atoms with Crippen molar-refractivity contribution < 1.29 is 19.5 Å². The Morgan fingerprint density at radius 2 is 1.76 bits per heavy atom. The molecule has 0 aliphatic rings. The van der Waals surface area contributed by atoms with Crippen LogP contribution in [-0.4, -0.2) is 59.3 Å². The highest BCUT2D eigenvalue weighted by molar-refractivity contribution is 7.80. The van der Waals surface area contributed by atoms with Crippen molar-refractivity contribution in [3.8, 4) is 0 Å². The maximum atomic E-state index is 12.4. The van der Waals surface area contributed by atoms with Crippen molar-refractivity contribution in [1.82, 2.24) is 10.6 Å². The van der Waals surface area contributed by atoms with Gasteiger partial charge in [0.15, 0.2) is 5.96 Å². The predicted molar refractivity (Wildman–Crippen MR) is 98.1 cm³/mol. The van der Waals surface area contributed by atoms with Gasteiger partial charge in [-0.2, -0.15) is 12.6 Å². The molecule has 0 saturated heterocycles. The monoisotopic (exact) mass is 376 g/mol. The first kappa shape index (κ1) is 23.0. The van der Waals surface area contributed by atoms with E-state index in [-0.39, 0.29) is 30.6 Å². The van der Waals surface area contributed by atoms with Crippen molar-refractivity contribution in [1.29, 1.82) is 0 Å². The van der Waals surface area contributed by atoms with Crippen LogP contribution in [0.4, 0.5) is 0 Å². The maximum Gasteiger partial charge on any atom is 0.326 e. The highest BCUT2D eigenvalue weighted by Gasteiger charge is 2.29. The lowest BCUT2D eigenvalue weighted by Crippen LogP contribution is -2.55. The number of carboxylic acids is 1. The van der Waals surface area contributed by atoms with E-state index in [1.54, 1.807) is 13.8 Å². The zero-order valence-corrected chi connectivity index (χ0v) is 15.3. The number of nitrogens with one attached hydrogen (secondary N) is 2. The van der Waals surface area contributed by atoms with Gasteiger partial charge in [0.1, 0.15) is 12.1 Å². The normalized spacial score (nSPS) is 14.3. The molecule has 0 spiro atoms. The first-order chi connectivity index (χ1) is 11.6. The zero-order chi connectivity index (χ0) is 19.6. The molecular weight excluding hydrogens is 348 g/mol. The van der Waals surface area contributed by atoms with E-state index in [1.807, 2.05) is 0 Å². The molecule has 0 heterocycles. The summed E-state index contributed by atoms with van der Waals surface area (Å²) in [7, 11) is 0. The standard InChI is InChI=1S/C14H28N6O4S/c1-7(2)10(13(23)24)20-12(22)9(4-3-5-18-14(16)17)19-11(21)8(15)6-25/h7-10,25H,3-6,15H2,1-2H3,(H,19,21)(H,20,22)(H,23,24)(H4,16,17,18)/t8-,9-,10-/m0/s1. The number of aliphatic carboxylic acids is 1. The summed E-state index contributed by atoms with van der Waals surface area (Å²) in [5.74, 6) is -2.59. The number of thiol groups is 1. The molecule has 3 atom stereocenters. The third-order valence-electron chi connectivity index (χ3n) is 3.34. The Balaban J connectivity index is 5.01. The lowest BCUT2D eigenvalue weighted by molar-refractivity contribution is -0.143. The number of aliphatic imine (C=N–C) groups is 1. The third-order valence-corrected chi connectivity index (χ3v) is 3.74. The van der Waals surface area contributed by atoms with Crippen LogP contribution in [0.2, 0.25) is 0 Å². The van der Waals surface area contributed by atoms with Gasteiger partial charge in [-0.15, -0.1) is 0 Å². The number of carbonyl (C=O) groups is 3. The summed E-state index contributed by atoms with van der Waals surface area (Å²) in [6, 6.07) is -2.90. The average Bonchev–Trinajstić information content (AvgIpc) is 2.53. The fourth-order valence-corrected chi connectivity index (χ4v) is 2.07. The Morgan fingerprint density at radius 1 is 1.16 bits per heavy atom. The van der Waals surface area contributed by atoms with Crippen molar-refractivity contribution in [2.75, 3.05) is 12.3 Å². The van der Waals surface area contributed by atoms with E-state index in [4.69, 9.17) is 17.2 Å². The highest BCUT2D eigenvalue weighted by atomic mass is 32.1. The topological polar surface area (TPSA) is 186 Å². The van der Waals surface area contributed by atoms with Gasteiger partial charge in [-0.3, -0.25) is 14.6 Å². The van der Waals surface area contributed by atoms with E-state index >= 15 is 0 Å². The van der Waals surface area contributed by atoms with Crippen LogP contribution in [0.3, 0.4) is 0 Å². The van der Waals surface area contributed by atoms with E-state index in [0.29, 0.717) is 6.42 Å². The second-order valence-corrected chi connectivity index (χ2v) is 6.23. The summed E-state index contributed by atoms with van der Waals surface area (Å²) in [4.78, 5) is 39.4. The van der Waals surface area contributed by atoms with Gasteiger partial charge < -0.3 is 32.9 Å². The van der Waals surface area contributed by atoms with Crippen molar-refractivity contribution in [2.45, 2.75) is 44.8 Å². The first-order valence-corrected chi connectivity index (χ1v) is 8.48. The predicted octanol–water partition coefficient (Wildman–Crippen LogP) is -1.99. The van der Waals surface area contributed by atoms with Gasteiger partial charge in [0.05, 0.1) is 6.04 Å². The van der Waals surface area contributed by atoms with Crippen LogP contribution in [0.15, 0.2) is 4.99 Å². The molecular formula is C14H28N6O4S. The van der Waals surface area contributed by atoms with Gasteiger partial charge in [-0.25, -0.2) is 4.79 Å². The molecule has 0 aromatic rings. The fraction of sp³-hybridized carbons (Fsp3) is 0.714. The summed E-state index contributed by atoms with van der Waals surface area (Å²) in [5, 5.41) is 14.1. The smallest absolute Gasteiger partial charge is 0.326 e. The molecule has 25 heavy (non-hydrogen) atoms. The molecule has 2 amide bonds. The second-order valence-electron chi connectivity index (χ2n) is 5.87. The number of amides is 2. The summed E-state index contributed by atoms with van der Waals surface area (Å²) >= 11 is 3.94. The van der Waals surface area contributed by atoms with Gasteiger partial charge in [0.25, 0.3) is 0 Å². The quantitative estimate of drug-likeness (QED) is 0.0940. The number of nitrogens with two attached hydrogens (primary N) is 3. The SMILES string of the molecule is CC(C)[C@H](NC(=O)[C@H](CCCN=C(N)N)NC(=O)[C@@H](N)CS)C(=O)O. The van der Waals surface area contributed by atoms with Crippen molar-refractivity contribution >= 4 is 36.4 Å². The molecule has 0 aromatic carbocycles. The largest absolute Gasteiger partial charge is 0.480 e. The number of nitrogens with zero attached hydrogens (tertiary/aromatic N) is 1. The van der Waals surface area contributed by atoms with Gasteiger partial charge in [0.2, 0.25) is 11.8 Å². The lowest BCUT2D eigenvalue weighted by atomic mass is 10.0. The number of hydrogen-bond donors (Lipinski definition) is 7. The van der Waals surface area contributed by atoms with Crippen LogP contribution in [0, 0.1) is 5.92 Å². The minimum Gasteiger partial charge on any atom is -0.480 e. The average molecular weight is 376 g/mol. The van der Waals surface area contributed by atoms with Crippen molar-refractivity contribution in [2.24, 2.45) is 28.1 Å². The molecule has 11 heteroatoms. The molecule has 0 unspecified atom stereocenters.